The van der Waals surface area contributed by atoms with E-state index in [0.717, 1.165) is 5.56 Å². The second-order valence-corrected chi connectivity index (χ2v) is 3.53. The normalized spacial score (nSPS) is 9.94. The Morgan fingerprint density at radius 3 is 2.44 bits per heavy atom. The fraction of sp³-hybridized carbons (Fsp3) is 0.385. The molecule has 0 aliphatic heterocycles. The second-order valence-electron chi connectivity index (χ2n) is 3.53. The quantitative estimate of drug-likeness (QED) is 0.579. The third-order valence-electron chi connectivity index (χ3n) is 2.36. The Balaban J connectivity index is 3.00. The Morgan fingerprint density at radius 2 is 1.94 bits per heavy atom. The van der Waals surface area contributed by atoms with E-state index in [9.17, 15) is 9.59 Å². The second kappa shape index (κ2) is 5.45. The van der Waals surface area contributed by atoms with Gasteiger partial charge in [0.2, 0.25) is 0 Å². The van der Waals surface area contributed by atoms with Crippen molar-refractivity contribution in [1.29, 1.82) is 0 Å². The van der Waals surface area contributed by atoms with E-state index in [-0.39, 0.29) is 11.8 Å². The highest BCUT2D eigenvalue weighted by atomic mass is 16.5. The zero-order chi connectivity index (χ0) is 12.1. The summed E-state index contributed by atoms with van der Waals surface area (Å²) in [6, 6.07) is 5.05. The summed E-state index contributed by atoms with van der Waals surface area (Å²) in [7, 11) is 0. The first-order valence-electron chi connectivity index (χ1n) is 5.41. The van der Waals surface area contributed by atoms with E-state index >= 15 is 0 Å². The van der Waals surface area contributed by atoms with Crippen LogP contribution in [0.4, 0.5) is 0 Å². The van der Waals surface area contributed by atoms with Crippen LogP contribution in [0, 0.1) is 6.92 Å². The van der Waals surface area contributed by atoms with E-state index in [2.05, 4.69) is 0 Å². The molecule has 0 bridgehead atoms. The summed E-state index contributed by atoms with van der Waals surface area (Å²) >= 11 is 0. The summed E-state index contributed by atoms with van der Waals surface area (Å²) in [5.74, 6) is -0.256. The molecule has 0 aromatic heterocycles. The van der Waals surface area contributed by atoms with Crippen LogP contribution in [0.1, 0.15) is 46.5 Å². The number of hydrogen-bond donors (Lipinski definition) is 0. The van der Waals surface area contributed by atoms with Gasteiger partial charge in [0, 0.05) is 12.0 Å². The third-order valence-corrected chi connectivity index (χ3v) is 2.36. The number of benzene rings is 1. The van der Waals surface area contributed by atoms with Crippen molar-refractivity contribution in [2.75, 3.05) is 6.61 Å². The molecule has 0 heterocycles. The zero-order valence-electron chi connectivity index (χ0n) is 9.87. The lowest BCUT2D eigenvalue weighted by molar-refractivity contribution is 0.0525. The standard InChI is InChI=1S/C13H16O3/c1-4-12(14)10-6-7-11(9(3)8-10)13(15)16-5-2/h6-8H,4-5H2,1-3H3. The number of carbonyl (C=O) groups is 2. The Kier molecular flexibility index (Phi) is 4.23. The van der Waals surface area contributed by atoms with Crippen LogP contribution in [0.15, 0.2) is 18.2 Å². The molecule has 1 aromatic carbocycles. The topological polar surface area (TPSA) is 43.4 Å². The highest BCUT2D eigenvalue weighted by Crippen LogP contribution is 2.13. The van der Waals surface area contributed by atoms with Crippen LogP contribution >= 0.6 is 0 Å². The molecule has 1 aromatic rings. The maximum absolute atomic E-state index is 11.5. The third kappa shape index (κ3) is 2.69. The summed E-state index contributed by atoms with van der Waals surface area (Å²) in [5.41, 5.74) is 1.94. The van der Waals surface area contributed by atoms with E-state index in [4.69, 9.17) is 4.74 Å². The van der Waals surface area contributed by atoms with E-state index in [1.807, 2.05) is 6.92 Å². The van der Waals surface area contributed by atoms with Crippen LogP contribution in [-0.2, 0) is 4.74 Å². The van der Waals surface area contributed by atoms with Crippen LogP contribution in [0.5, 0.6) is 0 Å². The van der Waals surface area contributed by atoms with Gasteiger partial charge < -0.3 is 4.74 Å². The summed E-state index contributed by atoms with van der Waals surface area (Å²) in [6.07, 6.45) is 0.470. The van der Waals surface area contributed by atoms with E-state index in [1.54, 1.807) is 32.0 Å². The van der Waals surface area contributed by atoms with Crippen molar-refractivity contribution in [3.8, 4) is 0 Å². The molecule has 0 fully saturated rings. The summed E-state index contributed by atoms with van der Waals surface area (Å²) in [6.45, 7) is 5.74. The predicted molar refractivity (Wildman–Crippen MR) is 61.8 cm³/mol. The lowest BCUT2D eigenvalue weighted by Crippen LogP contribution is -2.08. The molecule has 0 saturated heterocycles. The average Bonchev–Trinajstić information content (AvgIpc) is 2.28. The Bertz CT molecular complexity index is 408. The van der Waals surface area contributed by atoms with Gasteiger partial charge in [-0.25, -0.2) is 4.79 Å². The summed E-state index contributed by atoms with van der Waals surface area (Å²) in [4.78, 5) is 23.0. The number of carbonyl (C=O) groups excluding carboxylic acids is 2. The highest BCUT2D eigenvalue weighted by molar-refractivity contribution is 5.98. The largest absolute Gasteiger partial charge is 0.462 e. The van der Waals surface area contributed by atoms with Gasteiger partial charge in [0.1, 0.15) is 0 Å². The molecule has 16 heavy (non-hydrogen) atoms. The van der Waals surface area contributed by atoms with Gasteiger partial charge in [0.25, 0.3) is 0 Å². The lowest BCUT2D eigenvalue weighted by atomic mass is 10.0. The summed E-state index contributed by atoms with van der Waals surface area (Å²) < 4.78 is 4.91. The Labute approximate surface area is 95.4 Å². The van der Waals surface area contributed by atoms with Crippen molar-refractivity contribution in [3.05, 3.63) is 34.9 Å². The molecule has 0 radical (unpaired) electrons. The average molecular weight is 220 g/mol. The van der Waals surface area contributed by atoms with E-state index < -0.39 is 0 Å². The van der Waals surface area contributed by atoms with E-state index in [1.165, 1.54) is 0 Å². The van der Waals surface area contributed by atoms with E-state index in [0.29, 0.717) is 24.2 Å². The van der Waals surface area contributed by atoms with Crippen molar-refractivity contribution in [2.45, 2.75) is 27.2 Å². The summed E-state index contributed by atoms with van der Waals surface area (Å²) in [5, 5.41) is 0. The van der Waals surface area contributed by atoms with Gasteiger partial charge in [-0.05, 0) is 31.5 Å². The van der Waals surface area contributed by atoms with Gasteiger partial charge >= 0.3 is 5.97 Å². The van der Waals surface area contributed by atoms with Crippen molar-refractivity contribution in [2.24, 2.45) is 0 Å². The number of hydrogen-bond acceptors (Lipinski definition) is 3. The predicted octanol–water partition coefficient (Wildman–Crippen LogP) is 2.76. The molecule has 0 spiro atoms. The first-order valence-corrected chi connectivity index (χ1v) is 5.41. The fourth-order valence-electron chi connectivity index (χ4n) is 1.48. The molecule has 0 N–H and O–H groups in total. The van der Waals surface area contributed by atoms with Crippen LogP contribution in [0.3, 0.4) is 0 Å². The van der Waals surface area contributed by atoms with Gasteiger partial charge in [0.05, 0.1) is 12.2 Å². The molecule has 0 amide bonds. The molecule has 0 atom stereocenters. The van der Waals surface area contributed by atoms with Gasteiger partial charge in [-0.2, -0.15) is 0 Å². The molecule has 3 nitrogen and oxygen atoms in total. The zero-order valence-corrected chi connectivity index (χ0v) is 9.87. The molecule has 86 valence electrons. The monoisotopic (exact) mass is 220 g/mol. The first kappa shape index (κ1) is 12.4. The number of esters is 1. The molecule has 0 unspecified atom stereocenters. The number of rotatable bonds is 4. The first-order chi connectivity index (χ1) is 7.60. The van der Waals surface area contributed by atoms with Gasteiger partial charge in [-0.15, -0.1) is 0 Å². The van der Waals surface area contributed by atoms with Crippen LogP contribution < -0.4 is 0 Å². The lowest BCUT2D eigenvalue weighted by Gasteiger charge is -2.06. The van der Waals surface area contributed by atoms with Crippen molar-refractivity contribution in [1.82, 2.24) is 0 Å². The maximum Gasteiger partial charge on any atom is 0.338 e. The van der Waals surface area contributed by atoms with Gasteiger partial charge in [-0.3, -0.25) is 4.79 Å². The number of Topliss-reactive ketones (excluding diaryl/α,β-unsaturated/α-hetero) is 1. The molecule has 3 heteroatoms. The molecule has 0 aliphatic carbocycles. The smallest absolute Gasteiger partial charge is 0.338 e. The minimum atomic E-state index is -0.338. The molecule has 0 saturated carbocycles. The number of ether oxygens (including phenoxy) is 1. The highest BCUT2D eigenvalue weighted by Gasteiger charge is 2.12. The minimum Gasteiger partial charge on any atom is -0.462 e. The fourth-order valence-corrected chi connectivity index (χ4v) is 1.48. The Hall–Kier alpha value is -1.64. The van der Waals surface area contributed by atoms with Crippen molar-refractivity contribution in [3.63, 3.8) is 0 Å². The molecule has 0 aliphatic rings. The van der Waals surface area contributed by atoms with Crippen molar-refractivity contribution < 1.29 is 14.3 Å². The van der Waals surface area contributed by atoms with Crippen LogP contribution in [-0.4, -0.2) is 18.4 Å². The minimum absolute atomic E-state index is 0.0820. The molecular weight excluding hydrogens is 204 g/mol. The van der Waals surface area contributed by atoms with Gasteiger partial charge in [-0.1, -0.05) is 13.0 Å². The molecular formula is C13H16O3. The van der Waals surface area contributed by atoms with Gasteiger partial charge in [0.15, 0.2) is 5.78 Å². The van der Waals surface area contributed by atoms with Crippen LogP contribution in [0.2, 0.25) is 0 Å². The van der Waals surface area contributed by atoms with Crippen LogP contribution in [0.25, 0.3) is 0 Å². The SMILES string of the molecule is CCOC(=O)c1ccc(C(=O)CC)cc1C. The van der Waals surface area contributed by atoms with Crippen molar-refractivity contribution >= 4 is 11.8 Å². The molecule has 1 rings (SSSR count). The number of ketones is 1. The number of aryl methyl sites for hydroxylation is 1. The maximum atomic E-state index is 11.5. The Morgan fingerprint density at radius 1 is 1.25 bits per heavy atom.